The first kappa shape index (κ1) is 11.9. The number of nitrogens with zero attached hydrogens (tertiary/aromatic N) is 2. The fourth-order valence-corrected chi connectivity index (χ4v) is 2.77. The van der Waals surface area contributed by atoms with Crippen LogP contribution in [0.2, 0.25) is 0 Å². The Bertz CT molecular complexity index is 586. The van der Waals surface area contributed by atoms with Gasteiger partial charge in [-0.25, -0.2) is 8.42 Å². The van der Waals surface area contributed by atoms with Gasteiger partial charge in [-0.15, -0.1) is 0 Å². The number of hydrogen-bond acceptors (Lipinski definition) is 4. The first-order chi connectivity index (χ1) is 8.01. The molecule has 0 aromatic carbocycles. The maximum absolute atomic E-state index is 12.2. The van der Waals surface area contributed by atoms with Gasteiger partial charge in [-0.1, -0.05) is 0 Å². The Kier molecular flexibility index (Phi) is 3.03. The summed E-state index contributed by atoms with van der Waals surface area (Å²) in [4.78, 5) is 0.198. The molecule has 0 unspecified atom stereocenters. The monoisotopic (exact) mass is 255 g/mol. The van der Waals surface area contributed by atoms with Crippen molar-refractivity contribution in [2.24, 2.45) is 0 Å². The summed E-state index contributed by atoms with van der Waals surface area (Å²) < 4.78 is 30.5. The maximum Gasteiger partial charge on any atom is 0.246 e. The second-order valence-electron chi connectivity index (χ2n) is 3.75. The number of hydrogen-bond donors (Lipinski definition) is 1. The SMILES string of the molecule is Cc1[nH]ncc1S(=O)(=O)N(C)Cc1ccoc1. The van der Waals surface area contributed by atoms with Crippen LogP contribution in [0, 0.1) is 6.92 Å². The average Bonchev–Trinajstić information content (AvgIpc) is 2.89. The van der Waals surface area contributed by atoms with Crippen molar-refractivity contribution < 1.29 is 12.8 Å². The van der Waals surface area contributed by atoms with E-state index in [9.17, 15) is 8.42 Å². The van der Waals surface area contributed by atoms with Crippen LogP contribution < -0.4 is 0 Å². The molecule has 0 amide bonds. The Labute approximate surface area is 99.3 Å². The van der Waals surface area contributed by atoms with E-state index >= 15 is 0 Å². The van der Waals surface area contributed by atoms with Gasteiger partial charge in [-0.05, 0) is 13.0 Å². The third-order valence-corrected chi connectivity index (χ3v) is 4.37. The lowest BCUT2D eigenvalue weighted by molar-refractivity contribution is 0.463. The molecule has 0 aliphatic rings. The lowest BCUT2D eigenvalue weighted by Gasteiger charge is -2.15. The fraction of sp³-hybridized carbons (Fsp3) is 0.300. The van der Waals surface area contributed by atoms with E-state index in [1.807, 2.05) is 0 Å². The van der Waals surface area contributed by atoms with Gasteiger partial charge in [0.2, 0.25) is 10.0 Å². The molecule has 6 nitrogen and oxygen atoms in total. The van der Waals surface area contributed by atoms with Gasteiger partial charge in [-0.2, -0.15) is 9.40 Å². The Morgan fingerprint density at radius 3 is 2.82 bits per heavy atom. The molecule has 92 valence electrons. The zero-order valence-electron chi connectivity index (χ0n) is 9.54. The zero-order chi connectivity index (χ0) is 12.5. The van der Waals surface area contributed by atoms with Gasteiger partial charge in [0.1, 0.15) is 4.90 Å². The molecule has 0 aliphatic carbocycles. The highest BCUT2D eigenvalue weighted by Gasteiger charge is 2.24. The molecule has 0 fully saturated rings. The van der Waals surface area contributed by atoms with Gasteiger partial charge >= 0.3 is 0 Å². The van der Waals surface area contributed by atoms with Crippen molar-refractivity contribution in [3.8, 4) is 0 Å². The minimum Gasteiger partial charge on any atom is -0.472 e. The maximum atomic E-state index is 12.2. The standard InChI is InChI=1S/C10H13N3O3S/c1-8-10(5-11-12-8)17(14,15)13(2)6-9-3-4-16-7-9/h3-5,7H,6H2,1-2H3,(H,11,12). The summed E-state index contributed by atoms with van der Waals surface area (Å²) in [5.74, 6) is 0. The van der Waals surface area contributed by atoms with Crippen molar-refractivity contribution in [1.82, 2.24) is 14.5 Å². The lowest BCUT2D eigenvalue weighted by Crippen LogP contribution is -2.26. The number of furan rings is 1. The number of sulfonamides is 1. The highest BCUT2D eigenvalue weighted by Crippen LogP contribution is 2.18. The van der Waals surface area contributed by atoms with E-state index in [0.717, 1.165) is 5.56 Å². The van der Waals surface area contributed by atoms with Crippen LogP contribution in [-0.2, 0) is 16.6 Å². The highest BCUT2D eigenvalue weighted by molar-refractivity contribution is 7.89. The topological polar surface area (TPSA) is 79.2 Å². The van der Waals surface area contributed by atoms with Crippen LogP contribution >= 0.6 is 0 Å². The number of nitrogens with one attached hydrogen (secondary N) is 1. The van der Waals surface area contributed by atoms with Gasteiger partial charge < -0.3 is 4.42 Å². The summed E-state index contributed by atoms with van der Waals surface area (Å²) in [7, 11) is -1.98. The fourth-order valence-electron chi connectivity index (χ4n) is 1.49. The largest absolute Gasteiger partial charge is 0.472 e. The first-order valence-corrected chi connectivity index (χ1v) is 6.43. The molecule has 0 spiro atoms. The summed E-state index contributed by atoms with van der Waals surface area (Å²) in [5, 5.41) is 6.33. The van der Waals surface area contributed by atoms with E-state index in [2.05, 4.69) is 10.2 Å². The predicted octanol–water partition coefficient (Wildman–Crippen LogP) is 1.13. The summed E-state index contributed by atoms with van der Waals surface area (Å²) in [5.41, 5.74) is 1.33. The van der Waals surface area contributed by atoms with Gasteiger partial charge in [0.15, 0.2) is 0 Å². The number of aromatic nitrogens is 2. The van der Waals surface area contributed by atoms with E-state index in [1.165, 1.54) is 30.1 Å². The quantitative estimate of drug-likeness (QED) is 0.888. The third kappa shape index (κ3) is 2.25. The Balaban J connectivity index is 2.25. The smallest absolute Gasteiger partial charge is 0.246 e. The molecule has 1 N–H and O–H groups in total. The molecular formula is C10H13N3O3S. The molecule has 2 aromatic rings. The molecule has 0 atom stereocenters. The molecule has 2 heterocycles. The average molecular weight is 255 g/mol. The van der Waals surface area contributed by atoms with Crippen molar-refractivity contribution in [2.75, 3.05) is 7.05 Å². The van der Waals surface area contributed by atoms with Crippen molar-refractivity contribution in [3.05, 3.63) is 36.0 Å². The molecule has 17 heavy (non-hydrogen) atoms. The molecule has 2 aromatic heterocycles. The van der Waals surface area contributed by atoms with E-state index in [1.54, 1.807) is 13.0 Å². The van der Waals surface area contributed by atoms with E-state index in [-0.39, 0.29) is 11.4 Å². The molecule has 0 aliphatic heterocycles. The number of rotatable bonds is 4. The molecule has 0 radical (unpaired) electrons. The molecule has 2 rings (SSSR count). The Hall–Kier alpha value is -1.60. The van der Waals surface area contributed by atoms with E-state index in [0.29, 0.717) is 5.69 Å². The molecule has 0 saturated carbocycles. The Morgan fingerprint density at radius 2 is 2.29 bits per heavy atom. The second-order valence-corrected chi connectivity index (χ2v) is 5.77. The van der Waals surface area contributed by atoms with Gasteiger partial charge in [-0.3, -0.25) is 5.10 Å². The summed E-state index contributed by atoms with van der Waals surface area (Å²) >= 11 is 0. The van der Waals surface area contributed by atoms with E-state index in [4.69, 9.17) is 4.42 Å². The number of aromatic amines is 1. The Morgan fingerprint density at radius 1 is 1.53 bits per heavy atom. The number of H-pyrrole nitrogens is 1. The van der Waals surface area contributed by atoms with Crippen LogP contribution in [0.3, 0.4) is 0 Å². The van der Waals surface area contributed by atoms with E-state index < -0.39 is 10.0 Å². The minimum atomic E-state index is -3.50. The van der Waals surface area contributed by atoms with Crippen LogP contribution in [0.4, 0.5) is 0 Å². The van der Waals surface area contributed by atoms with Crippen LogP contribution in [0.1, 0.15) is 11.3 Å². The van der Waals surface area contributed by atoms with Crippen LogP contribution in [0.25, 0.3) is 0 Å². The molecule has 7 heteroatoms. The summed E-state index contributed by atoms with van der Waals surface area (Å²) in [6.45, 7) is 1.94. The molecule has 0 bridgehead atoms. The molecular weight excluding hydrogens is 242 g/mol. The van der Waals surface area contributed by atoms with Gasteiger partial charge in [0, 0.05) is 19.2 Å². The van der Waals surface area contributed by atoms with Crippen LogP contribution in [0.15, 0.2) is 34.1 Å². The highest BCUT2D eigenvalue weighted by atomic mass is 32.2. The van der Waals surface area contributed by atoms with Gasteiger partial charge in [0.05, 0.1) is 24.4 Å². The van der Waals surface area contributed by atoms with Crippen molar-refractivity contribution in [2.45, 2.75) is 18.4 Å². The summed E-state index contributed by atoms with van der Waals surface area (Å²) in [6, 6.07) is 1.73. The normalized spacial score (nSPS) is 12.2. The number of aryl methyl sites for hydroxylation is 1. The minimum absolute atomic E-state index is 0.198. The van der Waals surface area contributed by atoms with Gasteiger partial charge in [0.25, 0.3) is 0 Å². The summed E-state index contributed by atoms with van der Waals surface area (Å²) in [6.07, 6.45) is 4.35. The van der Waals surface area contributed by atoms with Crippen LogP contribution in [-0.4, -0.2) is 30.0 Å². The lowest BCUT2D eigenvalue weighted by atomic mass is 10.3. The first-order valence-electron chi connectivity index (χ1n) is 4.99. The third-order valence-electron chi connectivity index (χ3n) is 2.46. The van der Waals surface area contributed by atoms with Crippen molar-refractivity contribution in [1.29, 1.82) is 0 Å². The molecule has 0 saturated heterocycles. The second kappa shape index (κ2) is 4.34. The van der Waals surface area contributed by atoms with Crippen LogP contribution in [0.5, 0.6) is 0 Å². The van der Waals surface area contributed by atoms with Crippen molar-refractivity contribution >= 4 is 10.0 Å². The predicted molar refractivity (Wildman–Crippen MR) is 60.7 cm³/mol. The zero-order valence-corrected chi connectivity index (χ0v) is 10.4. The van der Waals surface area contributed by atoms with Crippen molar-refractivity contribution in [3.63, 3.8) is 0 Å².